The second kappa shape index (κ2) is 4.78. The fourth-order valence-electron chi connectivity index (χ4n) is 1.55. The summed E-state index contributed by atoms with van der Waals surface area (Å²) in [5.41, 5.74) is 2.51. The van der Waals surface area contributed by atoms with Gasteiger partial charge in [0.05, 0.1) is 5.69 Å². The fourth-order valence-corrected chi connectivity index (χ4v) is 2.40. The molecular formula is C13H14N2O2S. The Morgan fingerprint density at radius 1 is 1.28 bits per heavy atom. The Labute approximate surface area is 110 Å². The molecule has 1 aromatic carbocycles. The molecule has 4 nitrogen and oxygen atoms in total. The van der Waals surface area contributed by atoms with Gasteiger partial charge in [0, 0.05) is 19.7 Å². The molecule has 18 heavy (non-hydrogen) atoms. The smallest absolute Gasteiger partial charge is 0.348 e. The van der Waals surface area contributed by atoms with Gasteiger partial charge in [-0.3, -0.25) is 0 Å². The normalized spacial score (nSPS) is 10.4. The van der Waals surface area contributed by atoms with Crippen LogP contribution in [0.25, 0.3) is 11.3 Å². The Balaban J connectivity index is 2.55. The van der Waals surface area contributed by atoms with Crippen LogP contribution in [0.1, 0.15) is 15.2 Å². The van der Waals surface area contributed by atoms with E-state index in [-0.39, 0.29) is 4.88 Å². The third kappa shape index (κ3) is 2.36. The first-order valence-electron chi connectivity index (χ1n) is 5.47. The summed E-state index contributed by atoms with van der Waals surface area (Å²) in [7, 11) is 3.70. The first kappa shape index (κ1) is 12.6. The molecule has 0 saturated heterocycles. The first-order chi connectivity index (χ1) is 8.49. The molecule has 0 aliphatic heterocycles. The molecule has 0 aliphatic rings. The quantitative estimate of drug-likeness (QED) is 0.924. The molecule has 0 saturated carbocycles. The van der Waals surface area contributed by atoms with E-state index in [1.807, 2.05) is 50.2 Å². The molecular weight excluding hydrogens is 248 g/mol. The Morgan fingerprint density at radius 3 is 2.39 bits per heavy atom. The van der Waals surface area contributed by atoms with E-state index in [9.17, 15) is 9.90 Å². The van der Waals surface area contributed by atoms with Crippen molar-refractivity contribution >= 4 is 22.4 Å². The van der Waals surface area contributed by atoms with Crippen LogP contribution in [-0.4, -0.2) is 30.2 Å². The van der Waals surface area contributed by atoms with Crippen molar-refractivity contribution in [1.29, 1.82) is 0 Å². The van der Waals surface area contributed by atoms with E-state index in [0.29, 0.717) is 10.8 Å². The van der Waals surface area contributed by atoms with Crippen molar-refractivity contribution in [3.05, 3.63) is 34.7 Å². The molecule has 94 valence electrons. The third-order valence-electron chi connectivity index (χ3n) is 2.52. The van der Waals surface area contributed by atoms with E-state index in [2.05, 4.69) is 4.98 Å². The standard InChI is InChI=1S/C13H14N2O2S/c1-8-4-6-9(7-5-8)10-11(12(16)17)18-13(14-10)15(2)3/h4-7H,1-3H3,(H,16,17). The van der Waals surface area contributed by atoms with Crippen LogP contribution in [0.4, 0.5) is 5.13 Å². The molecule has 0 aliphatic carbocycles. The zero-order valence-corrected chi connectivity index (χ0v) is 11.3. The van der Waals surface area contributed by atoms with Gasteiger partial charge in [0.2, 0.25) is 0 Å². The van der Waals surface area contributed by atoms with Crippen molar-refractivity contribution < 1.29 is 9.90 Å². The first-order valence-corrected chi connectivity index (χ1v) is 6.29. The van der Waals surface area contributed by atoms with Crippen LogP contribution in [0.2, 0.25) is 0 Å². The van der Waals surface area contributed by atoms with Crippen molar-refractivity contribution in [2.45, 2.75) is 6.92 Å². The van der Waals surface area contributed by atoms with Crippen LogP contribution < -0.4 is 4.90 Å². The van der Waals surface area contributed by atoms with Gasteiger partial charge in [-0.15, -0.1) is 0 Å². The van der Waals surface area contributed by atoms with Gasteiger partial charge in [-0.05, 0) is 6.92 Å². The lowest BCUT2D eigenvalue weighted by Gasteiger charge is -2.05. The maximum Gasteiger partial charge on any atom is 0.348 e. The molecule has 2 rings (SSSR count). The van der Waals surface area contributed by atoms with Crippen LogP contribution in [0, 0.1) is 6.92 Å². The average Bonchev–Trinajstić information content (AvgIpc) is 2.75. The van der Waals surface area contributed by atoms with Crippen LogP contribution >= 0.6 is 11.3 Å². The monoisotopic (exact) mass is 262 g/mol. The zero-order valence-electron chi connectivity index (χ0n) is 10.5. The largest absolute Gasteiger partial charge is 0.477 e. The highest BCUT2D eigenvalue weighted by Crippen LogP contribution is 2.32. The summed E-state index contributed by atoms with van der Waals surface area (Å²) < 4.78 is 0. The molecule has 1 aromatic heterocycles. The van der Waals surface area contributed by atoms with E-state index >= 15 is 0 Å². The highest BCUT2D eigenvalue weighted by atomic mass is 32.1. The van der Waals surface area contributed by atoms with Gasteiger partial charge in [-0.25, -0.2) is 9.78 Å². The summed E-state index contributed by atoms with van der Waals surface area (Å²) in [5.74, 6) is -0.934. The molecule has 2 aromatic rings. The number of aryl methyl sites for hydroxylation is 1. The summed E-state index contributed by atoms with van der Waals surface area (Å²) >= 11 is 1.19. The number of aromatic carboxylic acids is 1. The number of carboxylic acids is 1. The Kier molecular flexibility index (Phi) is 3.34. The summed E-state index contributed by atoms with van der Waals surface area (Å²) in [6.07, 6.45) is 0. The number of aromatic nitrogens is 1. The number of carboxylic acid groups (broad SMARTS) is 1. The van der Waals surface area contributed by atoms with Gasteiger partial charge < -0.3 is 10.0 Å². The van der Waals surface area contributed by atoms with Gasteiger partial charge in [0.15, 0.2) is 5.13 Å². The van der Waals surface area contributed by atoms with Crippen molar-refractivity contribution in [1.82, 2.24) is 4.98 Å². The van der Waals surface area contributed by atoms with Crippen LogP contribution in [0.5, 0.6) is 0 Å². The van der Waals surface area contributed by atoms with E-state index < -0.39 is 5.97 Å². The predicted molar refractivity (Wildman–Crippen MR) is 73.6 cm³/mol. The lowest BCUT2D eigenvalue weighted by molar-refractivity contribution is 0.0702. The number of hydrogen-bond donors (Lipinski definition) is 1. The molecule has 0 unspecified atom stereocenters. The average molecular weight is 262 g/mol. The highest BCUT2D eigenvalue weighted by molar-refractivity contribution is 7.17. The number of carbonyl (C=O) groups is 1. The Hall–Kier alpha value is -1.88. The number of anilines is 1. The van der Waals surface area contributed by atoms with Crippen molar-refractivity contribution in [3.8, 4) is 11.3 Å². The molecule has 0 spiro atoms. The second-order valence-corrected chi connectivity index (χ2v) is 5.22. The molecule has 1 N–H and O–H groups in total. The van der Waals surface area contributed by atoms with Gasteiger partial charge in [-0.2, -0.15) is 0 Å². The molecule has 0 radical (unpaired) electrons. The SMILES string of the molecule is Cc1ccc(-c2nc(N(C)C)sc2C(=O)O)cc1. The van der Waals surface area contributed by atoms with E-state index in [0.717, 1.165) is 11.1 Å². The molecule has 0 fully saturated rings. The zero-order chi connectivity index (χ0) is 13.3. The van der Waals surface area contributed by atoms with Crippen LogP contribution in [0.3, 0.4) is 0 Å². The van der Waals surface area contributed by atoms with Crippen LogP contribution in [0.15, 0.2) is 24.3 Å². The minimum absolute atomic E-state index is 0.280. The van der Waals surface area contributed by atoms with Gasteiger partial charge in [-0.1, -0.05) is 41.2 Å². The van der Waals surface area contributed by atoms with E-state index in [1.165, 1.54) is 11.3 Å². The van der Waals surface area contributed by atoms with Gasteiger partial charge in [0.1, 0.15) is 4.88 Å². The third-order valence-corrected chi connectivity index (χ3v) is 3.73. The lowest BCUT2D eigenvalue weighted by Crippen LogP contribution is -2.07. The summed E-state index contributed by atoms with van der Waals surface area (Å²) in [6.45, 7) is 1.99. The van der Waals surface area contributed by atoms with Crippen molar-refractivity contribution in [2.75, 3.05) is 19.0 Å². The summed E-state index contributed by atoms with van der Waals surface area (Å²) in [6, 6.07) is 7.71. The topological polar surface area (TPSA) is 53.4 Å². The molecule has 1 heterocycles. The minimum Gasteiger partial charge on any atom is -0.477 e. The number of nitrogens with zero attached hydrogens (tertiary/aromatic N) is 2. The van der Waals surface area contributed by atoms with Gasteiger partial charge in [0.25, 0.3) is 0 Å². The predicted octanol–water partition coefficient (Wildman–Crippen LogP) is 2.88. The fraction of sp³-hybridized carbons (Fsp3) is 0.231. The summed E-state index contributed by atoms with van der Waals surface area (Å²) in [5, 5.41) is 9.93. The highest BCUT2D eigenvalue weighted by Gasteiger charge is 2.19. The molecule has 0 amide bonds. The molecule has 5 heteroatoms. The van der Waals surface area contributed by atoms with Crippen molar-refractivity contribution in [3.63, 3.8) is 0 Å². The Bertz CT molecular complexity index is 573. The minimum atomic E-state index is -0.934. The molecule has 0 atom stereocenters. The second-order valence-electron chi connectivity index (χ2n) is 4.24. The lowest BCUT2D eigenvalue weighted by atomic mass is 10.1. The maximum absolute atomic E-state index is 11.2. The number of hydrogen-bond acceptors (Lipinski definition) is 4. The van der Waals surface area contributed by atoms with Crippen molar-refractivity contribution in [2.24, 2.45) is 0 Å². The molecule has 0 bridgehead atoms. The number of thiazole rings is 1. The van der Waals surface area contributed by atoms with Crippen LogP contribution in [-0.2, 0) is 0 Å². The van der Waals surface area contributed by atoms with E-state index in [4.69, 9.17) is 0 Å². The summed E-state index contributed by atoms with van der Waals surface area (Å²) in [4.78, 5) is 17.7. The number of rotatable bonds is 3. The van der Waals surface area contributed by atoms with Gasteiger partial charge >= 0.3 is 5.97 Å². The maximum atomic E-state index is 11.2. The number of benzene rings is 1. The Morgan fingerprint density at radius 2 is 1.89 bits per heavy atom. The van der Waals surface area contributed by atoms with E-state index in [1.54, 1.807) is 0 Å².